The molecule has 1 fully saturated rings. The summed E-state index contributed by atoms with van der Waals surface area (Å²) in [6.45, 7) is 4.78. The number of amides is 3. The van der Waals surface area contributed by atoms with Crippen LogP contribution in [0.2, 0.25) is 0 Å². The Morgan fingerprint density at radius 2 is 1.82 bits per heavy atom. The lowest BCUT2D eigenvalue weighted by Crippen LogP contribution is -2.49. The summed E-state index contributed by atoms with van der Waals surface area (Å²) in [6.07, 6.45) is 0.736. The van der Waals surface area contributed by atoms with Crippen LogP contribution in [0.5, 0.6) is 0 Å². The quantitative estimate of drug-likeness (QED) is 0.827. The highest BCUT2D eigenvalue weighted by Crippen LogP contribution is 2.24. The maximum absolute atomic E-state index is 13.9. The van der Waals surface area contributed by atoms with Crippen molar-refractivity contribution in [2.75, 3.05) is 23.3 Å². The summed E-state index contributed by atoms with van der Waals surface area (Å²) in [5.74, 6) is -1.49. The Balaban J connectivity index is 1.70. The van der Waals surface area contributed by atoms with Crippen LogP contribution in [0.15, 0.2) is 42.5 Å². The molecule has 1 heterocycles. The minimum Gasteiger partial charge on any atom is -0.326 e. The predicted molar refractivity (Wildman–Crippen MR) is 104 cm³/mol. The molecule has 0 atom stereocenters. The fourth-order valence-corrected chi connectivity index (χ4v) is 3.03. The third kappa shape index (κ3) is 4.47. The monoisotopic (exact) mass is 387 g/mol. The molecule has 1 aliphatic rings. The van der Waals surface area contributed by atoms with E-state index >= 15 is 0 Å². The molecule has 1 saturated heterocycles. The van der Waals surface area contributed by atoms with Crippen molar-refractivity contribution in [3.63, 3.8) is 0 Å². The van der Waals surface area contributed by atoms with Crippen LogP contribution < -0.4 is 10.2 Å². The highest BCUT2D eigenvalue weighted by Gasteiger charge is 2.27. The molecule has 0 aromatic heterocycles. The highest BCUT2D eigenvalue weighted by atomic mass is 19.1. The molecule has 1 N–H and O–H groups in total. The fourth-order valence-electron chi connectivity index (χ4n) is 3.03. The molecule has 7 heteroatoms. The average Bonchev–Trinajstić information content (AvgIpc) is 2.66. The zero-order valence-corrected chi connectivity index (χ0v) is 15.9. The third-order valence-corrected chi connectivity index (χ3v) is 4.66. The van der Waals surface area contributed by atoms with E-state index in [0.29, 0.717) is 24.5 Å². The van der Waals surface area contributed by atoms with Crippen molar-refractivity contribution in [1.82, 2.24) is 4.90 Å². The van der Waals surface area contributed by atoms with Gasteiger partial charge in [-0.15, -0.1) is 0 Å². The van der Waals surface area contributed by atoms with Crippen LogP contribution in [0, 0.1) is 17.6 Å². The smallest absolute Gasteiger partial charge is 0.324 e. The molecule has 0 spiro atoms. The lowest BCUT2D eigenvalue weighted by Gasteiger charge is -2.35. The second kappa shape index (κ2) is 8.37. The molecular formula is C21H23F2N3O2. The first-order valence-electron chi connectivity index (χ1n) is 9.26. The first kappa shape index (κ1) is 19.8. The van der Waals surface area contributed by atoms with Gasteiger partial charge in [-0.3, -0.25) is 9.69 Å². The number of hydrogen-bond acceptors (Lipinski definition) is 2. The Morgan fingerprint density at radius 1 is 1.11 bits per heavy atom. The van der Waals surface area contributed by atoms with Gasteiger partial charge in [-0.05, 0) is 36.8 Å². The average molecular weight is 387 g/mol. The van der Waals surface area contributed by atoms with E-state index in [1.807, 2.05) is 13.8 Å². The van der Waals surface area contributed by atoms with Crippen molar-refractivity contribution in [2.24, 2.45) is 5.92 Å². The first-order valence-corrected chi connectivity index (χ1v) is 9.26. The van der Waals surface area contributed by atoms with E-state index in [1.165, 1.54) is 12.1 Å². The van der Waals surface area contributed by atoms with Crippen molar-refractivity contribution in [2.45, 2.75) is 26.8 Å². The van der Waals surface area contributed by atoms with Gasteiger partial charge < -0.3 is 10.2 Å². The number of hydrogen-bond donors (Lipinski definition) is 1. The zero-order valence-electron chi connectivity index (χ0n) is 15.9. The van der Waals surface area contributed by atoms with Crippen LogP contribution >= 0.6 is 0 Å². The number of carbonyl (C=O) groups excluding carboxylic acids is 2. The summed E-state index contributed by atoms with van der Waals surface area (Å²) < 4.78 is 27.0. The second-order valence-electron chi connectivity index (χ2n) is 7.14. The number of rotatable bonds is 5. The van der Waals surface area contributed by atoms with E-state index in [9.17, 15) is 18.4 Å². The Morgan fingerprint density at radius 3 is 2.46 bits per heavy atom. The molecule has 0 saturated carbocycles. The molecule has 0 bridgehead atoms. The lowest BCUT2D eigenvalue weighted by atomic mass is 10.1. The summed E-state index contributed by atoms with van der Waals surface area (Å²) >= 11 is 0. The number of urea groups is 1. The van der Waals surface area contributed by atoms with Crippen LogP contribution in [0.1, 0.15) is 25.8 Å². The number of carbonyl (C=O) groups is 2. The van der Waals surface area contributed by atoms with Gasteiger partial charge in [0.2, 0.25) is 5.91 Å². The van der Waals surface area contributed by atoms with Crippen molar-refractivity contribution in [3.8, 4) is 0 Å². The van der Waals surface area contributed by atoms with Crippen molar-refractivity contribution >= 4 is 23.3 Å². The molecule has 3 rings (SSSR count). The number of benzene rings is 2. The Kier molecular flexibility index (Phi) is 5.92. The van der Waals surface area contributed by atoms with Gasteiger partial charge >= 0.3 is 6.03 Å². The van der Waals surface area contributed by atoms with E-state index < -0.39 is 11.6 Å². The molecule has 2 aromatic carbocycles. The predicted octanol–water partition coefficient (Wildman–Crippen LogP) is 4.39. The summed E-state index contributed by atoms with van der Waals surface area (Å²) in [6, 6.07) is 10.2. The van der Waals surface area contributed by atoms with E-state index in [1.54, 1.807) is 34.1 Å². The Hall–Kier alpha value is -2.96. The van der Waals surface area contributed by atoms with Gasteiger partial charge in [0.05, 0.1) is 6.54 Å². The summed E-state index contributed by atoms with van der Waals surface area (Å²) in [7, 11) is 0. The molecule has 2 aromatic rings. The maximum atomic E-state index is 13.9. The van der Waals surface area contributed by atoms with Gasteiger partial charge in [-0.1, -0.05) is 19.9 Å². The summed E-state index contributed by atoms with van der Waals surface area (Å²) in [5.41, 5.74) is 1.65. The molecule has 0 aliphatic carbocycles. The van der Waals surface area contributed by atoms with Crippen LogP contribution in [0.3, 0.4) is 0 Å². The zero-order chi connectivity index (χ0) is 20.3. The number of nitrogens with one attached hydrogen (secondary N) is 1. The Bertz CT molecular complexity index is 868. The largest absolute Gasteiger partial charge is 0.326 e. The molecule has 148 valence electrons. The molecule has 5 nitrogen and oxygen atoms in total. The van der Waals surface area contributed by atoms with Gasteiger partial charge in [0.15, 0.2) is 0 Å². The lowest BCUT2D eigenvalue weighted by molar-refractivity contribution is -0.118. The van der Waals surface area contributed by atoms with Gasteiger partial charge in [0.1, 0.15) is 11.6 Å². The van der Waals surface area contributed by atoms with E-state index in [-0.39, 0.29) is 30.0 Å². The molecular weight excluding hydrogens is 364 g/mol. The number of anilines is 2. The van der Waals surface area contributed by atoms with E-state index in [0.717, 1.165) is 12.5 Å². The van der Waals surface area contributed by atoms with Crippen molar-refractivity contribution in [1.29, 1.82) is 0 Å². The van der Waals surface area contributed by atoms with Gasteiger partial charge in [-0.2, -0.15) is 0 Å². The summed E-state index contributed by atoms with van der Waals surface area (Å²) in [5, 5.41) is 2.81. The van der Waals surface area contributed by atoms with Gasteiger partial charge in [-0.25, -0.2) is 13.6 Å². The Labute approximate surface area is 162 Å². The molecule has 3 amide bonds. The van der Waals surface area contributed by atoms with E-state index in [4.69, 9.17) is 0 Å². The SMILES string of the molecule is CC(C)C(=O)Nc1ccc(N2CCCN(Cc3ccc(F)cc3F)C2=O)cc1. The molecule has 1 aliphatic heterocycles. The van der Waals surface area contributed by atoms with E-state index in [2.05, 4.69) is 5.32 Å². The maximum Gasteiger partial charge on any atom is 0.324 e. The minimum atomic E-state index is -0.657. The van der Waals surface area contributed by atoms with Crippen molar-refractivity contribution in [3.05, 3.63) is 59.7 Å². The summed E-state index contributed by atoms with van der Waals surface area (Å²) in [4.78, 5) is 27.8. The van der Waals surface area contributed by atoms with Crippen LogP contribution in [0.4, 0.5) is 25.0 Å². The van der Waals surface area contributed by atoms with Crippen LogP contribution in [0.25, 0.3) is 0 Å². The van der Waals surface area contributed by atoms with Gasteiger partial charge in [0.25, 0.3) is 0 Å². The number of nitrogens with zero attached hydrogens (tertiary/aromatic N) is 2. The molecule has 0 unspecified atom stereocenters. The normalized spacial score (nSPS) is 14.5. The number of halogens is 2. The van der Waals surface area contributed by atoms with Crippen LogP contribution in [-0.2, 0) is 11.3 Å². The fraction of sp³-hybridized carbons (Fsp3) is 0.333. The third-order valence-electron chi connectivity index (χ3n) is 4.66. The standard InChI is InChI=1S/C21H23F2N3O2/c1-14(2)20(27)24-17-6-8-18(9-7-17)26-11-3-10-25(21(26)28)13-15-4-5-16(22)12-19(15)23/h4-9,12,14H,3,10-11,13H2,1-2H3,(H,24,27). The van der Waals surface area contributed by atoms with Crippen molar-refractivity contribution < 1.29 is 18.4 Å². The highest BCUT2D eigenvalue weighted by molar-refractivity contribution is 5.94. The van der Waals surface area contributed by atoms with Gasteiger partial charge in [0, 0.05) is 42.0 Å². The first-order chi connectivity index (χ1) is 13.3. The minimum absolute atomic E-state index is 0.0747. The molecule has 0 radical (unpaired) electrons. The topological polar surface area (TPSA) is 52.7 Å². The second-order valence-corrected chi connectivity index (χ2v) is 7.14. The molecule has 28 heavy (non-hydrogen) atoms. The van der Waals surface area contributed by atoms with Crippen LogP contribution in [-0.4, -0.2) is 29.9 Å².